The monoisotopic (exact) mass is 381 g/mol. The quantitative estimate of drug-likeness (QED) is 0.871. The van der Waals surface area contributed by atoms with Crippen LogP contribution in [0.1, 0.15) is 47.9 Å². The Morgan fingerprint density at radius 2 is 1.96 bits per heavy atom. The van der Waals surface area contributed by atoms with E-state index in [1.54, 1.807) is 0 Å². The van der Waals surface area contributed by atoms with E-state index in [9.17, 15) is 9.90 Å². The Kier molecular flexibility index (Phi) is 5.53. The van der Waals surface area contributed by atoms with Gasteiger partial charge in [0.15, 0.2) is 0 Å². The van der Waals surface area contributed by atoms with Crippen LogP contribution in [0.5, 0.6) is 5.75 Å². The molecule has 0 aromatic heterocycles. The van der Waals surface area contributed by atoms with Gasteiger partial charge in [0.05, 0.1) is 13.2 Å². The molecule has 1 saturated heterocycles. The molecule has 5 heteroatoms. The molecule has 2 heterocycles. The van der Waals surface area contributed by atoms with Crippen LogP contribution in [0.25, 0.3) is 0 Å². The molecule has 0 aliphatic carbocycles. The molecule has 0 spiro atoms. The summed E-state index contributed by atoms with van der Waals surface area (Å²) in [5.74, 6) is 1.50. The molecule has 0 radical (unpaired) electrons. The number of amides is 1. The van der Waals surface area contributed by atoms with Gasteiger partial charge in [0.1, 0.15) is 12.4 Å². The van der Waals surface area contributed by atoms with Crippen LogP contribution in [0.4, 0.5) is 4.79 Å². The highest BCUT2D eigenvalue weighted by Crippen LogP contribution is 2.45. The van der Waals surface area contributed by atoms with E-state index in [1.165, 1.54) is 11.1 Å². The van der Waals surface area contributed by atoms with Crippen molar-refractivity contribution in [2.24, 2.45) is 5.92 Å². The maximum Gasteiger partial charge on any atom is 0.409 e. The Hall–Kier alpha value is -2.53. The van der Waals surface area contributed by atoms with Gasteiger partial charge in [-0.25, -0.2) is 4.79 Å². The molecule has 1 atom stereocenters. The fraction of sp³-hybridized carbons (Fsp3) is 0.435. The molecule has 2 aliphatic heterocycles. The van der Waals surface area contributed by atoms with Crippen LogP contribution in [-0.2, 0) is 18.0 Å². The van der Waals surface area contributed by atoms with Crippen molar-refractivity contribution in [3.8, 4) is 5.75 Å². The highest BCUT2D eigenvalue weighted by Gasteiger charge is 2.34. The second kappa shape index (κ2) is 8.23. The van der Waals surface area contributed by atoms with Crippen LogP contribution < -0.4 is 4.74 Å². The molecule has 1 amide bonds. The topological polar surface area (TPSA) is 59.0 Å². The Balaban J connectivity index is 1.67. The first-order valence-corrected chi connectivity index (χ1v) is 10.1. The molecule has 4 rings (SSSR count). The molecule has 0 saturated carbocycles. The fourth-order valence-electron chi connectivity index (χ4n) is 4.50. The van der Waals surface area contributed by atoms with Gasteiger partial charge in [-0.3, -0.25) is 0 Å². The van der Waals surface area contributed by atoms with E-state index in [2.05, 4.69) is 30.3 Å². The largest absolute Gasteiger partial charge is 0.489 e. The van der Waals surface area contributed by atoms with Crippen LogP contribution >= 0.6 is 0 Å². The number of piperidine rings is 1. The lowest BCUT2D eigenvalue weighted by molar-refractivity contribution is 0.0901. The van der Waals surface area contributed by atoms with E-state index in [0.29, 0.717) is 32.2 Å². The van der Waals surface area contributed by atoms with Crippen molar-refractivity contribution in [3.05, 3.63) is 64.7 Å². The Labute approximate surface area is 165 Å². The number of carbonyl (C=O) groups excluding carboxylic acids is 1. The number of rotatable bonds is 3. The van der Waals surface area contributed by atoms with Crippen LogP contribution in [0.3, 0.4) is 0 Å². The lowest BCUT2D eigenvalue weighted by atomic mass is 9.74. The summed E-state index contributed by atoms with van der Waals surface area (Å²) in [4.78, 5) is 13.9. The lowest BCUT2D eigenvalue weighted by Gasteiger charge is -2.36. The van der Waals surface area contributed by atoms with Crippen LogP contribution in [-0.4, -0.2) is 35.8 Å². The minimum atomic E-state index is -0.214. The van der Waals surface area contributed by atoms with Gasteiger partial charge in [-0.05, 0) is 54.5 Å². The molecule has 1 fully saturated rings. The molecule has 2 aromatic rings. The number of hydrogen-bond donors (Lipinski definition) is 1. The van der Waals surface area contributed by atoms with Crippen molar-refractivity contribution >= 4 is 6.09 Å². The number of aliphatic hydroxyl groups excluding tert-OH is 1. The summed E-state index contributed by atoms with van der Waals surface area (Å²) in [5.41, 5.74) is 4.55. The van der Waals surface area contributed by atoms with E-state index in [0.717, 1.165) is 29.7 Å². The predicted octanol–water partition coefficient (Wildman–Crippen LogP) is 4.07. The molecule has 148 valence electrons. The third-order valence-corrected chi connectivity index (χ3v) is 5.90. The Bertz CT molecular complexity index is 842. The molecular weight excluding hydrogens is 354 g/mol. The van der Waals surface area contributed by atoms with Crippen LogP contribution in [0.2, 0.25) is 0 Å². The second-order valence-electron chi connectivity index (χ2n) is 7.52. The van der Waals surface area contributed by atoms with Gasteiger partial charge in [-0.15, -0.1) is 0 Å². The van der Waals surface area contributed by atoms with Gasteiger partial charge in [0.2, 0.25) is 0 Å². The number of ether oxygens (including phenoxy) is 2. The first kappa shape index (κ1) is 18.8. The maximum absolute atomic E-state index is 12.1. The number of fused-ring (bicyclic) bond motifs is 2. The second-order valence-corrected chi connectivity index (χ2v) is 7.52. The van der Waals surface area contributed by atoms with Gasteiger partial charge < -0.3 is 19.5 Å². The van der Waals surface area contributed by atoms with Crippen molar-refractivity contribution in [2.45, 2.75) is 38.9 Å². The lowest BCUT2D eigenvalue weighted by Crippen LogP contribution is -2.40. The molecule has 1 unspecified atom stereocenters. The van der Waals surface area contributed by atoms with Crippen molar-refractivity contribution in [3.63, 3.8) is 0 Å². The van der Waals surface area contributed by atoms with Gasteiger partial charge in [-0.2, -0.15) is 0 Å². The minimum absolute atomic E-state index is 0.0168. The molecule has 2 aromatic carbocycles. The van der Waals surface area contributed by atoms with E-state index >= 15 is 0 Å². The molecule has 28 heavy (non-hydrogen) atoms. The zero-order chi connectivity index (χ0) is 19.5. The maximum atomic E-state index is 12.1. The fourth-order valence-corrected chi connectivity index (χ4v) is 4.50. The van der Waals surface area contributed by atoms with Gasteiger partial charge in [-0.1, -0.05) is 30.3 Å². The summed E-state index contributed by atoms with van der Waals surface area (Å²) in [6, 6.07) is 14.5. The number of benzene rings is 2. The van der Waals surface area contributed by atoms with E-state index in [-0.39, 0.29) is 18.6 Å². The summed E-state index contributed by atoms with van der Waals surface area (Å²) in [5, 5.41) is 9.65. The van der Waals surface area contributed by atoms with E-state index < -0.39 is 0 Å². The summed E-state index contributed by atoms with van der Waals surface area (Å²) >= 11 is 0. The van der Waals surface area contributed by atoms with Gasteiger partial charge >= 0.3 is 6.09 Å². The van der Waals surface area contributed by atoms with Gasteiger partial charge in [0.25, 0.3) is 0 Å². The third-order valence-electron chi connectivity index (χ3n) is 5.90. The highest BCUT2D eigenvalue weighted by atomic mass is 16.6. The predicted molar refractivity (Wildman–Crippen MR) is 106 cm³/mol. The highest BCUT2D eigenvalue weighted by molar-refractivity contribution is 5.67. The standard InChI is InChI=1S/C23H27NO4/c1-2-27-23(26)24-11-9-17(10-12-24)22-19-6-4-3-5-18(19)15-28-21-8-7-16(14-25)13-20(21)22/h3-8,13,17,22,25H,2,9-12,14-15H2,1H3. The normalized spacial score (nSPS) is 19.2. The molecule has 2 aliphatic rings. The first-order chi connectivity index (χ1) is 13.7. The minimum Gasteiger partial charge on any atom is -0.489 e. The van der Waals surface area contributed by atoms with Crippen molar-refractivity contribution < 1.29 is 19.4 Å². The summed E-state index contributed by atoms with van der Waals surface area (Å²) in [7, 11) is 0. The van der Waals surface area contributed by atoms with Crippen molar-refractivity contribution in [1.29, 1.82) is 0 Å². The average Bonchev–Trinajstić information content (AvgIpc) is 2.90. The number of aliphatic hydroxyl groups is 1. The van der Waals surface area contributed by atoms with E-state index in [1.807, 2.05) is 24.0 Å². The zero-order valence-electron chi connectivity index (χ0n) is 16.3. The van der Waals surface area contributed by atoms with Crippen LogP contribution in [0, 0.1) is 5.92 Å². The van der Waals surface area contributed by atoms with E-state index in [4.69, 9.17) is 9.47 Å². The Morgan fingerprint density at radius 3 is 2.71 bits per heavy atom. The average molecular weight is 381 g/mol. The van der Waals surface area contributed by atoms with Gasteiger partial charge in [0, 0.05) is 24.6 Å². The zero-order valence-corrected chi connectivity index (χ0v) is 16.3. The SMILES string of the molecule is CCOC(=O)N1CCC(C2c3ccccc3COc3ccc(CO)cc32)CC1. The number of hydrogen-bond acceptors (Lipinski definition) is 4. The number of nitrogens with zero attached hydrogens (tertiary/aromatic N) is 1. The molecule has 1 N–H and O–H groups in total. The smallest absolute Gasteiger partial charge is 0.409 e. The van der Waals surface area contributed by atoms with Crippen LogP contribution in [0.15, 0.2) is 42.5 Å². The summed E-state index contributed by atoms with van der Waals surface area (Å²) in [6.45, 7) is 4.23. The summed E-state index contributed by atoms with van der Waals surface area (Å²) in [6.07, 6.45) is 1.62. The molecular formula is C23H27NO4. The summed E-state index contributed by atoms with van der Waals surface area (Å²) < 4.78 is 11.3. The molecule has 0 bridgehead atoms. The molecule has 5 nitrogen and oxygen atoms in total. The Morgan fingerprint density at radius 1 is 1.18 bits per heavy atom. The van der Waals surface area contributed by atoms with Crippen molar-refractivity contribution in [2.75, 3.05) is 19.7 Å². The number of likely N-dealkylation sites (tertiary alicyclic amines) is 1. The van der Waals surface area contributed by atoms with Crippen molar-refractivity contribution in [1.82, 2.24) is 4.90 Å². The number of carbonyl (C=O) groups is 1. The first-order valence-electron chi connectivity index (χ1n) is 10.1. The third kappa shape index (κ3) is 3.59.